The topological polar surface area (TPSA) is 70.0 Å². The fourth-order valence-corrected chi connectivity index (χ4v) is 3.42. The number of sulfonamides is 1. The molecule has 2 rings (SSSR count). The summed E-state index contributed by atoms with van der Waals surface area (Å²) >= 11 is 5.86. The fourth-order valence-electron chi connectivity index (χ4n) is 1.86. The zero-order valence-corrected chi connectivity index (χ0v) is 12.9. The van der Waals surface area contributed by atoms with Crippen LogP contribution in [0.1, 0.15) is 11.1 Å². The van der Waals surface area contributed by atoms with Gasteiger partial charge in [-0.2, -0.15) is 5.26 Å². The summed E-state index contributed by atoms with van der Waals surface area (Å²) < 4.78 is 27.2. The Hall–Kier alpha value is -2.03. The molecule has 0 spiro atoms. The number of nitriles is 1. The van der Waals surface area contributed by atoms with Crippen molar-refractivity contribution in [1.29, 1.82) is 5.26 Å². The van der Waals surface area contributed by atoms with Crippen LogP contribution in [-0.4, -0.2) is 8.42 Å². The number of anilines is 1. The molecule has 108 valence electrons. The van der Waals surface area contributed by atoms with E-state index < -0.39 is 10.0 Å². The summed E-state index contributed by atoms with van der Waals surface area (Å²) in [5.41, 5.74) is 1.89. The van der Waals surface area contributed by atoms with E-state index in [-0.39, 0.29) is 4.90 Å². The first-order chi connectivity index (χ1) is 9.92. The molecule has 0 saturated carbocycles. The third-order valence-electron chi connectivity index (χ3n) is 2.93. The third kappa shape index (κ3) is 3.75. The van der Waals surface area contributed by atoms with Crippen molar-refractivity contribution in [2.75, 3.05) is 4.72 Å². The van der Waals surface area contributed by atoms with Crippen LogP contribution in [0.5, 0.6) is 0 Å². The van der Waals surface area contributed by atoms with Gasteiger partial charge in [0, 0.05) is 10.7 Å². The van der Waals surface area contributed by atoms with Crippen molar-refractivity contribution in [2.45, 2.75) is 18.2 Å². The Morgan fingerprint density at radius 2 is 1.86 bits per heavy atom. The number of nitrogens with one attached hydrogen (secondary N) is 1. The minimum atomic E-state index is -3.69. The Labute approximate surface area is 129 Å². The molecule has 0 aliphatic heterocycles. The summed E-state index contributed by atoms with van der Waals surface area (Å²) in [4.78, 5) is 0.149. The highest BCUT2D eigenvalue weighted by molar-refractivity contribution is 7.92. The SMILES string of the molecule is Cc1ccc(Cl)cc1S(=O)(=O)Nc1ccc(CC#N)cc1. The van der Waals surface area contributed by atoms with Crippen LogP contribution in [0.4, 0.5) is 5.69 Å². The van der Waals surface area contributed by atoms with Gasteiger partial charge in [-0.3, -0.25) is 4.72 Å². The van der Waals surface area contributed by atoms with E-state index in [1.54, 1.807) is 43.3 Å². The number of halogens is 1. The maximum Gasteiger partial charge on any atom is 0.262 e. The lowest BCUT2D eigenvalue weighted by atomic mass is 10.1. The minimum absolute atomic E-state index is 0.149. The predicted molar refractivity (Wildman–Crippen MR) is 82.8 cm³/mol. The highest BCUT2D eigenvalue weighted by Crippen LogP contribution is 2.23. The monoisotopic (exact) mass is 320 g/mol. The molecule has 21 heavy (non-hydrogen) atoms. The molecule has 0 radical (unpaired) electrons. The smallest absolute Gasteiger partial charge is 0.262 e. The molecular weight excluding hydrogens is 308 g/mol. The van der Waals surface area contributed by atoms with Gasteiger partial charge in [-0.05, 0) is 42.3 Å². The van der Waals surface area contributed by atoms with Gasteiger partial charge in [0.25, 0.3) is 10.0 Å². The molecule has 0 saturated heterocycles. The van der Waals surface area contributed by atoms with E-state index in [0.717, 1.165) is 5.56 Å². The second-order valence-corrected chi connectivity index (χ2v) is 6.63. The summed E-state index contributed by atoms with van der Waals surface area (Å²) in [5.74, 6) is 0. The second kappa shape index (κ2) is 6.17. The molecule has 2 aromatic carbocycles. The summed E-state index contributed by atoms with van der Waals surface area (Å²) in [7, 11) is -3.69. The normalized spacial score (nSPS) is 10.9. The summed E-state index contributed by atoms with van der Waals surface area (Å²) in [6.45, 7) is 1.71. The largest absolute Gasteiger partial charge is 0.280 e. The molecule has 0 atom stereocenters. The molecule has 0 unspecified atom stereocenters. The van der Waals surface area contributed by atoms with Gasteiger partial charge < -0.3 is 0 Å². The fraction of sp³-hybridized carbons (Fsp3) is 0.133. The van der Waals surface area contributed by atoms with Crippen LogP contribution in [0, 0.1) is 18.3 Å². The predicted octanol–water partition coefficient (Wildman–Crippen LogP) is 3.52. The molecule has 0 amide bonds. The first-order valence-electron chi connectivity index (χ1n) is 6.17. The Morgan fingerprint density at radius 3 is 2.48 bits per heavy atom. The van der Waals surface area contributed by atoms with Gasteiger partial charge in [0.15, 0.2) is 0 Å². The quantitative estimate of drug-likeness (QED) is 0.937. The number of rotatable bonds is 4. The summed E-state index contributed by atoms with van der Waals surface area (Å²) in [5, 5.41) is 8.97. The van der Waals surface area contributed by atoms with Crippen molar-refractivity contribution in [3.8, 4) is 6.07 Å². The van der Waals surface area contributed by atoms with Gasteiger partial charge >= 0.3 is 0 Å². The Balaban J connectivity index is 2.29. The number of aryl methyl sites for hydroxylation is 1. The average molecular weight is 321 g/mol. The van der Waals surface area contributed by atoms with E-state index in [9.17, 15) is 8.42 Å². The molecular formula is C15H13ClN2O2S. The first-order valence-corrected chi connectivity index (χ1v) is 8.03. The molecule has 0 heterocycles. The first kappa shape index (κ1) is 15.4. The molecule has 4 nitrogen and oxygen atoms in total. The number of hydrogen-bond acceptors (Lipinski definition) is 3. The summed E-state index contributed by atoms with van der Waals surface area (Å²) in [6.07, 6.45) is 0.292. The van der Waals surface area contributed by atoms with Crippen LogP contribution in [-0.2, 0) is 16.4 Å². The van der Waals surface area contributed by atoms with Gasteiger partial charge in [0.05, 0.1) is 17.4 Å². The molecule has 0 aliphatic carbocycles. The van der Waals surface area contributed by atoms with Crippen LogP contribution >= 0.6 is 11.6 Å². The standard InChI is InChI=1S/C15H13ClN2O2S/c1-11-2-5-13(16)10-15(11)21(19,20)18-14-6-3-12(4-7-14)8-9-17/h2-7,10,18H,8H2,1H3. The average Bonchev–Trinajstić information content (AvgIpc) is 2.43. The third-order valence-corrected chi connectivity index (χ3v) is 4.69. The van der Waals surface area contributed by atoms with Gasteiger partial charge in [0.2, 0.25) is 0 Å². The summed E-state index contributed by atoms with van der Waals surface area (Å²) in [6, 6.07) is 13.4. The van der Waals surface area contributed by atoms with Crippen LogP contribution in [0.2, 0.25) is 5.02 Å². The van der Waals surface area contributed by atoms with Crippen LogP contribution in [0.25, 0.3) is 0 Å². The lowest BCUT2D eigenvalue weighted by Crippen LogP contribution is -2.14. The molecule has 0 aliphatic rings. The maximum atomic E-state index is 12.4. The van der Waals surface area contributed by atoms with E-state index in [1.165, 1.54) is 6.07 Å². The molecule has 0 fully saturated rings. The van der Waals surface area contributed by atoms with Gasteiger partial charge in [0.1, 0.15) is 0 Å². The number of nitrogens with zero attached hydrogens (tertiary/aromatic N) is 1. The van der Waals surface area contributed by atoms with E-state index in [0.29, 0.717) is 22.7 Å². The van der Waals surface area contributed by atoms with Crippen molar-refractivity contribution in [1.82, 2.24) is 0 Å². The van der Waals surface area contributed by atoms with Crippen molar-refractivity contribution < 1.29 is 8.42 Å². The van der Waals surface area contributed by atoms with Crippen LogP contribution in [0.15, 0.2) is 47.4 Å². The van der Waals surface area contributed by atoms with E-state index >= 15 is 0 Å². The Kier molecular flexibility index (Phi) is 4.51. The molecule has 1 N–H and O–H groups in total. The Morgan fingerprint density at radius 1 is 1.19 bits per heavy atom. The lowest BCUT2D eigenvalue weighted by Gasteiger charge is -2.11. The van der Waals surface area contributed by atoms with Crippen molar-refractivity contribution in [3.63, 3.8) is 0 Å². The van der Waals surface area contributed by atoms with Crippen LogP contribution < -0.4 is 4.72 Å². The molecule has 0 bridgehead atoms. The highest BCUT2D eigenvalue weighted by Gasteiger charge is 2.17. The molecule has 2 aromatic rings. The minimum Gasteiger partial charge on any atom is -0.280 e. The lowest BCUT2D eigenvalue weighted by molar-refractivity contribution is 0.600. The zero-order chi connectivity index (χ0) is 15.5. The van der Waals surface area contributed by atoms with E-state index in [4.69, 9.17) is 16.9 Å². The van der Waals surface area contributed by atoms with Crippen molar-refractivity contribution in [2.24, 2.45) is 0 Å². The van der Waals surface area contributed by atoms with E-state index in [1.807, 2.05) is 6.07 Å². The number of benzene rings is 2. The Bertz CT molecular complexity index is 793. The maximum absolute atomic E-state index is 12.4. The molecule has 6 heteroatoms. The van der Waals surface area contributed by atoms with Crippen molar-refractivity contribution in [3.05, 3.63) is 58.6 Å². The number of hydrogen-bond donors (Lipinski definition) is 1. The van der Waals surface area contributed by atoms with Crippen molar-refractivity contribution >= 4 is 27.3 Å². The zero-order valence-electron chi connectivity index (χ0n) is 11.3. The van der Waals surface area contributed by atoms with Gasteiger partial charge in [-0.15, -0.1) is 0 Å². The molecule has 0 aromatic heterocycles. The van der Waals surface area contributed by atoms with Gasteiger partial charge in [-0.1, -0.05) is 29.8 Å². The van der Waals surface area contributed by atoms with E-state index in [2.05, 4.69) is 4.72 Å². The highest BCUT2D eigenvalue weighted by atomic mass is 35.5. The van der Waals surface area contributed by atoms with Crippen LogP contribution in [0.3, 0.4) is 0 Å². The second-order valence-electron chi connectivity index (χ2n) is 4.55. The van der Waals surface area contributed by atoms with Gasteiger partial charge in [-0.25, -0.2) is 8.42 Å².